The molecular formula is C17H13FO3. The molecule has 2 aromatic carbocycles. The minimum atomic E-state index is -0.464. The summed E-state index contributed by atoms with van der Waals surface area (Å²) < 4.78 is 24.0. The molecule has 2 aliphatic rings. The minimum absolute atomic E-state index is 0.0159. The topological polar surface area (TPSA) is 42.1 Å². The van der Waals surface area contributed by atoms with E-state index in [-0.39, 0.29) is 29.9 Å². The Kier molecular flexibility index (Phi) is 2.87. The third-order valence-electron chi connectivity index (χ3n) is 3.89. The Balaban J connectivity index is 1.41. The van der Waals surface area contributed by atoms with E-state index in [1.165, 1.54) is 24.3 Å². The van der Waals surface area contributed by atoms with Crippen LogP contribution in [0.1, 0.15) is 22.0 Å². The van der Waals surface area contributed by atoms with Gasteiger partial charge in [-0.3, -0.25) is 4.79 Å². The molecule has 0 radical (unpaired) electrons. The van der Waals surface area contributed by atoms with Gasteiger partial charge in [0.05, 0.1) is 0 Å². The molecule has 0 aliphatic carbocycles. The molecule has 0 N–H and O–H groups in total. The standard InChI is InChI=1S/C17H13FO3/c18-12-8-6-10(7-9-12)13(19)15-17(21-15)16-14(20-16)11-4-2-1-3-5-11/h1-9,14-17H/t14-,15+,16+,17-/m1/s1. The van der Waals surface area contributed by atoms with Crippen LogP contribution in [0.3, 0.4) is 0 Å². The molecule has 0 amide bonds. The molecule has 2 saturated heterocycles. The number of ketones is 1. The van der Waals surface area contributed by atoms with Crippen molar-refractivity contribution in [3.63, 3.8) is 0 Å². The highest BCUT2D eigenvalue weighted by molar-refractivity contribution is 6.01. The first-order valence-electron chi connectivity index (χ1n) is 6.90. The van der Waals surface area contributed by atoms with Gasteiger partial charge in [-0.25, -0.2) is 4.39 Å². The number of epoxide rings is 2. The van der Waals surface area contributed by atoms with E-state index in [2.05, 4.69) is 0 Å². The number of carbonyl (C=O) groups is 1. The van der Waals surface area contributed by atoms with Gasteiger partial charge in [0.1, 0.15) is 30.2 Å². The third-order valence-corrected chi connectivity index (χ3v) is 3.89. The van der Waals surface area contributed by atoms with Crippen LogP contribution in [0.5, 0.6) is 0 Å². The van der Waals surface area contributed by atoms with Gasteiger partial charge < -0.3 is 9.47 Å². The lowest BCUT2D eigenvalue weighted by atomic mass is 10.0. The van der Waals surface area contributed by atoms with Crippen molar-refractivity contribution in [2.24, 2.45) is 0 Å². The Morgan fingerprint density at radius 3 is 2.33 bits per heavy atom. The average molecular weight is 284 g/mol. The molecule has 0 aromatic heterocycles. The van der Waals surface area contributed by atoms with E-state index in [0.717, 1.165) is 5.56 Å². The number of rotatable bonds is 4. The van der Waals surface area contributed by atoms with E-state index < -0.39 is 6.10 Å². The number of Topliss-reactive ketones (excluding diaryl/α,β-unsaturated/α-hetero) is 1. The molecule has 3 nitrogen and oxygen atoms in total. The third kappa shape index (κ3) is 2.37. The van der Waals surface area contributed by atoms with E-state index in [9.17, 15) is 9.18 Å². The van der Waals surface area contributed by atoms with Crippen LogP contribution < -0.4 is 0 Å². The number of hydrogen-bond donors (Lipinski definition) is 0. The Labute approximate surface area is 121 Å². The number of ether oxygens (including phenoxy) is 2. The van der Waals surface area contributed by atoms with E-state index in [1.54, 1.807) is 0 Å². The van der Waals surface area contributed by atoms with Crippen molar-refractivity contribution in [1.29, 1.82) is 0 Å². The predicted octanol–water partition coefficient (Wildman–Crippen LogP) is 2.92. The second-order valence-electron chi connectivity index (χ2n) is 5.32. The van der Waals surface area contributed by atoms with E-state index in [1.807, 2.05) is 30.3 Å². The van der Waals surface area contributed by atoms with Gasteiger partial charge in [-0.05, 0) is 29.8 Å². The second-order valence-corrected chi connectivity index (χ2v) is 5.32. The summed E-state index contributed by atoms with van der Waals surface area (Å²) in [7, 11) is 0. The monoisotopic (exact) mass is 284 g/mol. The lowest BCUT2D eigenvalue weighted by Crippen LogP contribution is -2.13. The van der Waals surface area contributed by atoms with Crippen LogP contribution in [0.4, 0.5) is 4.39 Å². The van der Waals surface area contributed by atoms with Gasteiger partial charge in [0.2, 0.25) is 0 Å². The second kappa shape index (κ2) is 4.76. The Hall–Kier alpha value is -2.04. The summed E-state index contributed by atoms with van der Waals surface area (Å²) in [5.74, 6) is -0.461. The van der Waals surface area contributed by atoms with Gasteiger partial charge in [0, 0.05) is 5.56 Å². The van der Waals surface area contributed by atoms with Crippen molar-refractivity contribution in [3.8, 4) is 0 Å². The van der Waals surface area contributed by atoms with Gasteiger partial charge in [0.25, 0.3) is 0 Å². The van der Waals surface area contributed by atoms with Crippen molar-refractivity contribution in [1.82, 2.24) is 0 Å². The van der Waals surface area contributed by atoms with E-state index in [0.29, 0.717) is 5.56 Å². The SMILES string of the molecule is O=C(c1ccc(F)cc1)[C@@H]1O[C@H]1[C@H]1O[C@@H]1c1ccccc1. The molecule has 4 rings (SSSR count). The highest BCUT2D eigenvalue weighted by Crippen LogP contribution is 2.48. The Bertz CT molecular complexity index is 668. The fourth-order valence-corrected chi connectivity index (χ4v) is 2.65. The maximum absolute atomic E-state index is 12.9. The molecule has 2 aliphatic heterocycles. The molecule has 4 atom stereocenters. The number of halogens is 1. The molecule has 0 saturated carbocycles. The van der Waals surface area contributed by atoms with E-state index in [4.69, 9.17) is 9.47 Å². The van der Waals surface area contributed by atoms with Gasteiger partial charge >= 0.3 is 0 Å². The molecule has 0 spiro atoms. The molecule has 4 heteroatoms. The van der Waals surface area contributed by atoms with Crippen molar-refractivity contribution in [2.75, 3.05) is 0 Å². The number of hydrogen-bond acceptors (Lipinski definition) is 3. The van der Waals surface area contributed by atoms with Crippen molar-refractivity contribution < 1.29 is 18.7 Å². The molecule has 106 valence electrons. The van der Waals surface area contributed by atoms with Crippen LogP contribution >= 0.6 is 0 Å². The van der Waals surface area contributed by atoms with Gasteiger partial charge in [-0.15, -0.1) is 0 Å². The van der Waals surface area contributed by atoms with E-state index >= 15 is 0 Å². The van der Waals surface area contributed by atoms with Gasteiger partial charge in [-0.1, -0.05) is 30.3 Å². The molecule has 21 heavy (non-hydrogen) atoms. The maximum atomic E-state index is 12.9. The zero-order chi connectivity index (χ0) is 14.4. The summed E-state index contributed by atoms with van der Waals surface area (Å²) in [5.41, 5.74) is 1.58. The highest BCUT2D eigenvalue weighted by Gasteiger charge is 2.60. The van der Waals surface area contributed by atoms with Crippen LogP contribution in [0, 0.1) is 5.82 Å². The molecule has 2 fully saturated rings. The van der Waals surface area contributed by atoms with Crippen molar-refractivity contribution in [2.45, 2.75) is 24.4 Å². The predicted molar refractivity (Wildman–Crippen MR) is 73.4 cm³/mol. The summed E-state index contributed by atoms with van der Waals surface area (Å²) in [4.78, 5) is 12.2. The van der Waals surface area contributed by atoms with Crippen LogP contribution in [0.2, 0.25) is 0 Å². The quantitative estimate of drug-likeness (QED) is 0.640. The molecule has 0 unspecified atom stereocenters. The van der Waals surface area contributed by atoms with Gasteiger partial charge in [-0.2, -0.15) is 0 Å². The van der Waals surface area contributed by atoms with Crippen molar-refractivity contribution in [3.05, 3.63) is 71.5 Å². The summed E-state index contributed by atoms with van der Waals surface area (Å²) in [6, 6.07) is 15.4. The fraction of sp³-hybridized carbons (Fsp3) is 0.235. The average Bonchev–Trinajstić information content (AvgIpc) is 3.40. The number of carbonyl (C=O) groups excluding carboxylic acids is 1. The van der Waals surface area contributed by atoms with Crippen molar-refractivity contribution >= 4 is 5.78 Å². The first-order valence-corrected chi connectivity index (χ1v) is 6.90. The van der Waals surface area contributed by atoms with Gasteiger partial charge in [0.15, 0.2) is 5.78 Å². The highest BCUT2D eigenvalue weighted by atomic mass is 19.1. The summed E-state index contributed by atoms with van der Waals surface area (Å²) in [5, 5.41) is 0. The van der Waals surface area contributed by atoms with Crippen LogP contribution in [-0.4, -0.2) is 24.1 Å². The van der Waals surface area contributed by atoms with Crippen LogP contribution in [0.15, 0.2) is 54.6 Å². The zero-order valence-electron chi connectivity index (χ0n) is 11.1. The number of benzene rings is 2. The largest absolute Gasteiger partial charge is 0.362 e. The molecule has 0 bridgehead atoms. The molecule has 2 heterocycles. The maximum Gasteiger partial charge on any atom is 0.194 e. The first-order chi connectivity index (χ1) is 10.2. The lowest BCUT2D eigenvalue weighted by Gasteiger charge is -1.96. The smallest absolute Gasteiger partial charge is 0.194 e. The Morgan fingerprint density at radius 1 is 0.905 bits per heavy atom. The molecular weight excluding hydrogens is 271 g/mol. The first kappa shape index (κ1) is 12.7. The fourth-order valence-electron chi connectivity index (χ4n) is 2.65. The minimum Gasteiger partial charge on any atom is -0.362 e. The van der Waals surface area contributed by atoms with Crippen LogP contribution in [0.25, 0.3) is 0 Å². The molecule has 2 aromatic rings. The summed E-state index contributed by atoms with van der Waals surface area (Å²) >= 11 is 0. The summed E-state index contributed by atoms with van der Waals surface area (Å²) in [6.45, 7) is 0. The normalized spacial score (nSPS) is 30.0. The summed E-state index contributed by atoms with van der Waals surface area (Å²) in [6.07, 6.45) is -0.689. The van der Waals surface area contributed by atoms with Crippen LogP contribution in [-0.2, 0) is 9.47 Å². The Morgan fingerprint density at radius 2 is 1.62 bits per heavy atom. The lowest BCUT2D eigenvalue weighted by molar-refractivity contribution is 0.0953. The zero-order valence-corrected chi connectivity index (χ0v) is 11.1.